The van der Waals surface area contributed by atoms with Crippen LogP contribution in [0, 0.1) is 5.41 Å². The summed E-state index contributed by atoms with van der Waals surface area (Å²) in [5, 5.41) is 7.36. The number of carboxylic acid groups (broad SMARTS) is 1. The summed E-state index contributed by atoms with van der Waals surface area (Å²) in [6.07, 6.45) is 1.92. The molecule has 0 aromatic heterocycles. The smallest absolute Gasteiger partial charge is 0.649 e. The van der Waals surface area contributed by atoms with E-state index in [-0.39, 0.29) is 75.1 Å². The van der Waals surface area contributed by atoms with E-state index in [9.17, 15) is 4.79 Å². The third-order valence-corrected chi connectivity index (χ3v) is 2.63. The normalized spacial score (nSPS) is 26.3. The van der Waals surface area contributed by atoms with E-state index in [4.69, 9.17) is 19.4 Å². The minimum Gasteiger partial charge on any atom is -0.649 e. The average molecular weight is 315 g/mol. The summed E-state index contributed by atoms with van der Waals surface area (Å²) < 4.78 is 10.8. The second kappa shape index (κ2) is 10.6. The molecule has 3 atom stereocenters. The number of hydrogen-bond acceptors (Lipinski definition) is 5. The zero-order valence-corrected chi connectivity index (χ0v) is 16.2. The molecule has 0 spiro atoms. The molecule has 7 heteroatoms. The van der Waals surface area contributed by atoms with Crippen molar-refractivity contribution in [1.82, 2.24) is 0 Å². The predicted octanol–water partition coefficient (Wildman–Crippen LogP) is -1.68. The summed E-state index contributed by atoms with van der Waals surface area (Å²) in [7, 11) is 0. The topological polar surface area (TPSA) is 75.7 Å². The van der Waals surface area contributed by atoms with Crippen LogP contribution in [0.15, 0.2) is 0 Å². The van der Waals surface area contributed by atoms with E-state index in [1.54, 1.807) is 0 Å². The Balaban J connectivity index is 0. The first kappa shape index (κ1) is 22.2. The van der Waals surface area contributed by atoms with Crippen LogP contribution in [0.2, 0.25) is 0 Å². The minimum atomic E-state index is -1.39. The maximum atomic E-state index is 10.2. The third kappa shape index (κ3) is 10.3. The van der Waals surface area contributed by atoms with Crippen molar-refractivity contribution in [3.63, 3.8) is 0 Å². The van der Waals surface area contributed by atoms with Gasteiger partial charge in [-0.3, -0.25) is 0 Å². The average Bonchev–Trinajstić information content (AvgIpc) is 2.18. The third-order valence-electron chi connectivity index (χ3n) is 2.63. The molecule has 1 saturated heterocycles. The SMILES string of the molecule is CC1CCC(O[C-]=O)C(C(C)(C)C)O1.O=C([O-])S.[K+]. The van der Waals surface area contributed by atoms with Crippen LogP contribution in [0.5, 0.6) is 0 Å². The van der Waals surface area contributed by atoms with E-state index in [0.717, 1.165) is 12.8 Å². The van der Waals surface area contributed by atoms with Gasteiger partial charge in [-0.05, 0) is 25.2 Å². The van der Waals surface area contributed by atoms with Crippen LogP contribution in [-0.4, -0.2) is 30.1 Å². The molecule has 0 aromatic carbocycles. The Morgan fingerprint density at radius 3 is 2.26 bits per heavy atom. The van der Waals surface area contributed by atoms with Gasteiger partial charge in [-0.15, -0.1) is 12.6 Å². The molecule has 1 aliphatic heterocycles. The number of hydrogen-bond donors (Lipinski definition) is 1. The molecule has 0 aromatic rings. The van der Waals surface area contributed by atoms with Crippen molar-refractivity contribution >= 4 is 24.4 Å². The maximum absolute atomic E-state index is 10.2. The van der Waals surface area contributed by atoms with Crippen molar-refractivity contribution in [2.75, 3.05) is 0 Å². The first-order valence-corrected chi connectivity index (χ1v) is 6.21. The van der Waals surface area contributed by atoms with Crippen molar-refractivity contribution in [3.8, 4) is 0 Å². The van der Waals surface area contributed by atoms with Gasteiger partial charge in [-0.2, -0.15) is 0 Å². The number of thiol groups is 1. The zero-order chi connectivity index (χ0) is 14.3. The summed E-state index contributed by atoms with van der Waals surface area (Å²) in [4.78, 5) is 19.0. The molecule has 0 radical (unpaired) electrons. The standard InChI is InChI=1S/C11H19O3.CH2O2S.K/c1-8-5-6-9(13-7-12)10(14-8)11(2,3)4;2-1(3)4;/h8-10H,5-6H2,1-4H3;4H,(H,2,3);/q-1;;+1/p-1. The van der Waals surface area contributed by atoms with Crippen LogP contribution in [0.3, 0.4) is 0 Å². The Labute approximate surface area is 162 Å². The number of carbonyl (C=O) groups is 1. The second-order valence-corrected chi connectivity index (χ2v) is 5.68. The first-order chi connectivity index (χ1) is 8.18. The van der Waals surface area contributed by atoms with Crippen molar-refractivity contribution < 1.29 is 75.6 Å². The van der Waals surface area contributed by atoms with E-state index < -0.39 is 5.30 Å². The molecule has 0 saturated carbocycles. The molecular weight excluding hydrogens is 295 g/mol. The Bertz CT molecular complexity index is 276. The van der Waals surface area contributed by atoms with Crippen LogP contribution in [0.4, 0.5) is 4.79 Å². The molecular formula is C12H20KO5S-. The van der Waals surface area contributed by atoms with Gasteiger partial charge in [0.25, 0.3) is 0 Å². The zero-order valence-electron chi connectivity index (χ0n) is 12.1. The van der Waals surface area contributed by atoms with Crippen LogP contribution >= 0.6 is 12.6 Å². The molecule has 19 heavy (non-hydrogen) atoms. The van der Waals surface area contributed by atoms with E-state index in [1.807, 2.05) is 0 Å². The van der Waals surface area contributed by atoms with Gasteiger partial charge in [0.2, 0.25) is 0 Å². The summed E-state index contributed by atoms with van der Waals surface area (Å²) in [5.74, 6) is 0. The summed E-state index contributed by atoms with van der Waals surface area (Å²) >= 11 is 2.77. The van der Waals surface area contributed by atoms with Gasteiger partial charge in [-0.25, -0.2) is 0 Å². The van der Waals surface area contributed by atoms with Crippen molar-refractivity contribution in [1.29, 1.82) is 0 Å². The quantitative estimate of drug-likeness (QED) is 0.374. The molecule has 0 N–H and O–H groups in total. The maximum Gasteiger partial charge on any atom is 1.00 e. The number of rotatable bonds is 2. The Kier molecular flexibility index (Phi) is 12.4. The molecule has 5 nitrogen and oxygen atoms in total. The molecule has 3 unspecified atom stereocenters. The van der Waals surface area contributed by atoms with Gasteiger partial charge in [0, 0.05) is 0 Å². The largest absolute Gasteiger partial charge is 1.00 e. The van der Waals surface area contributed by atoms with E-state index in [1.165, 1.54) is 6.47 Å². The molecule has 106 valence electrons. The monoisotopic (exact) mass is 315 g/mol. The van der Waals surface area contributed by atoms with Gasteiger partial charge in [0.05, 0.1) is 23.6 Å². The molecule has 1 rings (SSSR count). The molecule has 1 heterocycles. The van der Waals surface area contributed by atoms with Gasteiger partial charge in [0.15, 0.2) is 0 Å². The minimum absolute atomic E-state index is 0. The predicted molar refractivity (Wildman–Crippen MR) is 68.0 cm³/mol. The summed E-state index contributed by atoms with van der Waals surface area (Å²) in [6, 6.07) is 0. The van der Waals surface area contributed by atoms with E-state index in [2.05, 4.69) is 40.3 Å². The Morgan fingerprint density at radius 2 is 1.89 bits per heavy atom. The Hall–Kier alpha value is 0.886. The molecule has 0 aliphatic carbocycles. The van der Waals surface area contributed by atoms with Crippen LogP contribution in [0.25, 0.3) is 0 Å². The van der Waals surface area contributed by atoms with Gasteiger partial charge < -0.3 is 24.2 Å². The fraction of sp³-hybridized carbons (Fsp3) is 0.833. The van der Waals surface area contributed by atoms with Crippen LogP contribution in [-0.2, 0) is 14.3 Å². The molecule has 1 fully saturated rings. The van der Waals surface area contributed by atoms with E-state index in [0.29, 0.717) is 0 Å². The van der Waals surface area contributed by atoms with Gasteiger partial charge >= 0.3 is 51.4 Å². The van der Waals surface area contributed by atoms with Crippen LogP contribution < -0.4 is 56.5 Å². The van der Waals surface area contributed by atoms with Crippen molar-refractivity contribution in [2.24, 2.45) is 5.41 Å². The van der Waals surface area contributed by atoms with Gasteiger partial charge in [0.1, 0.15) is 0 Å². The number of ether oxygens (including phenoxy) is 2. The van der Waals surface area contributed by atoms with Crippen LogP contribution in [0.1, 0.15) is 40.5 Å². The molecule has 0 bridgehead atoms. The van der Waals surface area contributed by atoms with Crippen molar-refractivity contribution in [3.05, 3.63) is 0 Å². The van der Waals surface area contributed by atoms with E-state index >= 15 is 0 Å². The fourth-order valence-electron chi connectivity index (χ4n) is 1.90. The van der Waals surface area contributed by atoms with Gasteiger partial charge in [-0.1, -0.05) is 27.2 Å². The second-order valence-electron chi connectivity index (χ2n) is 5.32. The fourth-order valence-corrected chi connectivity index (χ4v) is 1.90. The Morgan fingerprint density at radius 1 is 1.42 bits per heavy atom. The molecule has 0 amide bonds. The number of carbonyl (C=O) groups excluding carboxylic acids is 2. The first-order valence-electron chi connectivity index (χ1n) is 5.76. The summed E-state index contributed by atoms with van der Waals surface area (Å²) in [6.45, 7) is 9.86. The summed E-state index contributed by atoms with van der Waals surface area (Å²) in [5.41, 5.74) is -0.00377. The van der Waals surface area contributed by atoms with Crippen molar-refractivity contribution in [2.45, 2.75) is 58.8 Å². The molecule has 1 aliphatic rings.